The minimum atomic E-state index is -0.946. The Bertz CT molecular complexity index is 780. The molecule has 0 bridgehead atoms. The number of esters is 1. The van der Waals surface area contributed by atoms with Gasteiger partial charge in [0.2, 0.25) is 0 Å². The minimum Gasteiger partial charge on any atom is -0.484 e. The zero-order chi connectivity index (χ0) is 20.4. The average Bonchev–Trinajstić information content (AvgIpc) is 2.71. The number of benzene rings is 2. The number of nitrogens with zero attached hydrogens (tertiary/aromatic N) is 1. The van der Waals surface area contributed by atoms with Gasteiger partial charge in [-0.2, -0.15) is 0 Å². The summed E-state index contributed by atoms with van der Waals surface area (Å²) in [5.41, 5.74) is 0.975. The lowest BCUT2D eigenvalue weighted by molar-refractivity contribution is -0.158. The van der Waals surface area contributed by atoms with Gasteiger partial charge in [0.15, 0.2) is 12.7 Å². The second-order valence-electron chi connectivity index (χ2n) is 6.19. The first kappa shape index (κ1) is 21.0. The number of carbonyl (C=O) groups is 3. The monoisotopic (exact) mass is 384 g/mol. The molecule has 2 aromatic rings. The molecule has 0 aliphatic carbocycles. The molecule has 0 aromatic heterocycles. The highest BCUT2D eigenvalue weighted by Gasteiger charge is 2.21. The van der Waals surface area contributed by atoms with Crippen LogP contribution in [0.4, 0.5) is 0 Å². The summed E-state index contributed by atoms with van der Waals surface area (Å²) in [7, 11) is 1.64. The number of hydrogen-bond acceptors (Lipinski definition) is 5. The van der Waals surface area contributed by atoms with Crippen molar-refractivity contribution in [3.05, 3.63) is 66.2 Å². The van der Waals surface area contributed by atoms with Crippen molar-refractivity contribution in [3.8, 4) is 5.75 Å². The third-order valence-electron chi connectivity index (χ3n) is 3.84. The molecule has 0 spiro atoms. The third kappa shape index (κ3) is 7.11. The molecule has 0 saturated heterocycles. The quantitative estimate of drug-likeness (QED) is 0.666. The summed E-state index contributed by atoms with van der Waals surface area (Å²) >= 11 is 0. The molecule has 0 saturated carbocycles. The van der Waals surface area contributed by atoms with Gasteiger partial charge in [0.05, 0.1) is 0 Å². The van der Waals surface area contributed by atoms with Crippen LogP contribution < -0.4 is 10.1 Å². The van der Waals surface area contributed by atoms with Gasteiger partial charge in [0.1, 0.15) is 12.3 Å². The number of likely N-dealkylation sites (N-methyl/N-ethyl adjacent to an activating group) is 1. The summed E-state index contributed by atoms with van der Waals surface area (Å²) in [6.07, 6.45) is -0.946. The van der Waals surface area contributed by atoms with Crippen LogP contribution in [0.5, 0.6) is 5.75 Å². The zero-order valence-electron chi connectivity index (χ0n) is 16.0. The molecule has 0 heterocycles. The molecule has 0 aliphatic heterocycles. The molecular weight excluding hydrogens is 360 g/mol. The number of ether oxygens (including phenoxy) is 2. The smallest absolute Gasteiger partial charge is 0.326 e. The van der Waals surface area contributed by atoms with E-state index in [0.717, 1.165) is 5.56 Å². The van der Waals surface area contributed by atoms with E-state index in [4.69, 9.17) is 9.47 Å². The van der Waals surface area contributed by atoms with Gasteiger partial charge in [-0.05, 0) is 24.6 Å². The topological polar surface area (TPSA) is 84.9 Å². The third-order valence-corrected chi connectivity index (χ3v) is 3.84. The number of amides is 2. The van der Waals surface area contributed by atoms with Gasteiger partial charge in [-0.1, -0.05) is 48.5 Å². The summed E-state index contributed by atoms with van der Waals surface area (Å²) in [5.74, 6) is -0.917. The highest BCUT2D eigenvalue weighted by atomic mass is 16.5. The van der Waals surface area contributed by atoms with Crippen LogP contribution in [-0.4, -0.2) is 49.0 Å². The van der Waals surface area contributed by atoms with Crippen LogP contribution in [0.3, 0.4) is 0 Å². The normalized spacial score (nSPS) is 11.2. The predicted octanol–water partition coefficient (Wildman–Crippen LogP) is 1.77. The fourth-order valence-electron chi connectivity index (χ4n) is 2.42. The second kappa shape index (κ2) is 10.7. The average molecular weight is 384 g/mol. The molecule has 0 aliphatic rings. The summed E-state index contributed by atoms with van der Waals surface area (Å²) in [6.45, 7) is 1.36. The first-order chi connectivity index (χ1) is 13.5. The Balaban J connectivity index is 1.69. The fraction of sp³-hybridized carbons (Fsp3) is 0.286. The molecule has 7 nitrogen and oxygen atoms in total. The SMILES string of the molecule is C[C@@H](OC(=O)CNC(=O)COc1ccccc1)C(=O)N(C)Cc1ccccc1. The Morgan fingerprint density at radius 3 is 2.25 bits per heavy atom. The molecule has 0 unspecified atom stereocenters. The lowest BCUT2D eigenvalue weighted by atomic mass is 10.2. The van der Waals surface area contributed by atoms with E-state index in [9.17, 15) is 14.4 Å². The Morgan fingerprint density at radius 2 is 1.61 bits per heavy atom. The van der Waals surface area contributed by atoms with E-state index in [1.165, 1.54) is 11.8 Å². The van der Waals surface area contributed by atoms with Crippen molar-refractivity contribution in [3.63, 3.8) is 0 Å². The number of hydrogen-bond donors (Lipinski definition) is 1. The Kier molecular flexibility index (Phi) is 8.02. The number of nitrogens with one attached hydrogen (secondary N) is 1. The van der Waals surface area contributed by atoms with Crippen LogP contribution in [0, 0.1) is 0 Å². The Hall–Kier alpha value is -3.35. The lowest BCUT2D eigenvalue weighted by Gasteiger charge is -2.21. The largest absolute Gasteiger partial charge is 0.484 e. The van der Waals surface area contributed by atoms with E-state index in [1.807, 2.05) is 36.4 Å². The molecule has 0 fully saturated rings. The second-order valence-corrected chi connectivity index (χ2v) is 6.19. The van der Waals surface area contributed by atoms with Crippen molar-refractivity contribution < 1.29 is 23.9 Å². The molecule has 0 radical (unpaired) electrons. The zero-order valence-corrected chi connectivity index (χ0v) is 16.0. The van der Waals surface area contributed by atoms with E-state index < -0.39 is 18.0 Å². The summed E-state index contributed by atoms with van der Waals surface area (Å²) in [4.78, 5) is 37.4. The van der Waals surface area contributed by atoms with Gasteiger partial charge in [0, 0.05) is 13.6 Å². The maximum atomic E-state index is 12.3. The summed E-state index contributed by atoms with van der Waals surface area (Å²) < 4.78 is 10.4. The van der Waals surface area contributed by atoms with Crippen LogP contribution in [0.25, 0.3) is 0 Å². The van der Waals surface area contributed by atoms with Gasteiger partial charge in [-0.3, -0.25) is 14.4 Å². The standard InChI is InChI=1S/C21H24N2O5/c1-16(21(26)23(2)14-17-9-5-3-6-10-17)28-20(25)13-22-19(24)15-27-18-11-7-4-8-12-18/h3-12,16H,13-15H2,1-2H3,(H,22,24)/t16-/m1/s1. The minimum absolute atomic E-state index is 0.217. The Labute approximate surface area is 164 Å². The van der Waals surface area contributed by atoms with Crippen molar-refractivity contribution in [1.82, 2.24) is 10.2 Å². The van der Waals surface area contributed by atoms with Crippen LogP contribution in [-0.2, 0) is 25.7 Å². The van der Waals surface area contributed by atoms with Crippen molar-refractivity contribution >= 4 is 17.8 Å². The predicted molar refractivity (Wildman–Crippen MR) is 103 cm³/mol. The molecule has 1 atom stereocenters. The molecule has 2 rings (SSSR count). The van der Waals surface area contributed by atoms with Crippen molar-refractivity contribution in [2.75, 3.05) is 20.2 Å². The molecule has 7 heteroatoms. The lowest BCUT2D eigenvalue weighted by Crippen LogP contribution is -2.40. The fourth-order valence-corrected chi connectivity index (χ4v) is 2.42. The van der Waals surface area contributed by atoms with Crippen molar-refractivity contribution in [2.24, 2.45) is 0 Å². The van der Waals surface area contributed by atoms with Gasteiger partial charge in [0.25, 0.3) is 11.8 Å². The maximum Gasteiger partial charge on any atom is 0.326 e. The van der Waals surface area contributed by atoms with E-state index in [2.05, 4.69) is 5.32 Å². The molecular formula is C21H24N2O5. The van der Waals surface area contributed by atoms with E-state index in [1.54, 1.807) is 31.3 Å². The van der Waals surface area contributed by atoms with Crippen LogP contribution in [0.2, 0.25) is 0 Å². The molecule has 1 N–H and O–H groups in total. The summed E-state index contributed by atoms with van der Waals surface area (Å²) in [5, 5.41) is 2.40. The van der Waals surface area contributed by atoms with E-state index in [-0.39, 0.29) is 19.1 Å². The van der Waals surface area contributed by atoms with Gasteiger partial charge >= 0.3 is 5.97 Å². The van der Waals surface area contributed by atoms with Crippen molar-refractivity contribution in [1.29, 1.82) is 0 Å². The molecule has 2 aromatic carbocycles. The van der Waals surface area contributed by atoms with Crippen LogP contribution in [0.15, 0.2) is 60.7 Å². The highest BCUT2D eigenvalue weighted by Crippen LogP contribution is 2.08. The van der Waals surface area contributed by atoms with Gasteiger partial charge in [-0.15, -0.1) is 0 Å². The number of rotatable bonds is 9. The van der Waals surface area contributed by atoms with E-state index >= 15 is 0 Å². The molecule has 148 valence electrons. The molecule has 28 heavy (non-hydrogen) atoms. The van der Waals surface area contributed by atoms with Crippen LogP contribution in [0.1, 0.15) is 12.5 Å². The van der Waals surface area contributed by atoms with Crippen LogP contribution >= 0.6 is 0 Å². The highest BCUT2D eigenvalue weighted by molar-refractivity contribution is 5.86. The summed E-state index contributed by atoms with van der Waals surface area (Å²) in [6, 6.07) is 18.4. The Morgan fingerprint density at radius 1 is 1.00 bits per heavy atom. The van der Waals surface area contributed by atoms with Gasteiger partial charge < -0.3 is 19.7 Å². The maximum absolute atomic E-state index is 12.3. The van der Waals surface area contributed by atoms with Gasteiger partial charge in [-0.25, -0.2) is 0 Å². The number of carbonyl (C=O) groups excluding carboxylic acids is 3. The first-order valence-electron chi connectivity index (χ1n) is 8.88. The molecule has 2 amide bonds. The van der Waals surface area contributed by atoms with Crippen molar-refractivity contribution in [2.45, 2.75) is 19.6 Å². The number of para-hydroxylation sites is 1. The first-order valence-corrected chi connectivity index (χ1v) is 8.88. The van der Waals surface area contributed by atoms with E-state index in [0.29, 0.717) is 12.3 Å².